The van der Waals surface area contributed by atoms with Crippen molar-refractivity contribution in [1.29, 1.82) is 0 Å². The van der Waals surface area contributed by atoms with E-state index in [0.717, 1.165) is 38.0 Å². The Morgan fingerprint density at radius 2 is 2.33 bits per heavy atom. The van der Waals surface area contributed by atoms with Gasteiger partial charge in [0.05, 0.1) is 11.8 Å². The van der Waals surface area contributed by atoms with E-state index < -0.39 is 0 Å². The SMILES string of the molecule is OC1CCC(CNCc2cnccn2)C1. The number of nitrogens with one attached hydrogen (secondary N) is 1. The van der Waals surface area contributed by atoms with Crippen LogP contribution in [0.3, 0.4) is 0 Å². The molecule has 4 nitrogen and oxygen atoms in total. The molecule has 1 fully saturated rings. The lowest BCUT2D eigenvalue weighted by atomic mass is 10.1. The van der Waals surface area contributed by atoms with Gasteiger partial charge in [-0.2, -0.15) is 0 Å². The average Bonchev–Trinajstić information content (AvgIpc) is 2.66. The summed E-state index contributed by atoms with van der Waals surface area (Å²) >= 11 is 0. The molecule has 2 rings (SSSR count). The molecule has 0 saturated heterocycles. The number of aromatic nitrogens is 2. The smallest absolute Gasteiger partial charge is 0.0724 e. The van der Waals surface area contributed by atoms with Gasteiger partial charge in [0.15, 0.2) is 0 Å². The largest absolute Gasteiger partial charge is 0.393 e. The van der Waals surface area contributed by atoms with Crippen LogP contribution in [-0.2, 0) is 6.54 Å². The van der Waals surface area contributed by atoms with Gasteiger partial charge in [-0.3, -0.25) is 9.97 Å². The summed E-state index contributed by atoms with van der Waals surface area (Å²) in [5.41, 5.74) is 0.969. The Bertz CT molecular complexity index is 291. The van der Waals surface area contributed by atoms with Crippen molar-refractivity contribution >= 4 is 0 Å². The van der Waals surface area contributed by atoms with Gasteiger partial charge < -0.3 is 10.4 Å². The monoisotopic (exact) mass is 207 g/mol. The lowest BCUT2D eigenvalue weighted by Crippen LogP contribution is -2.21. The zero-order chi connectivity index (χ0) is 10.5. The Kier molecular flexibility index (Phi) is 3.64. The van der Waals surface area contributed by atoms with Crippen LogP contribution in [0.25, 0.3) is 0 Å². The number of rotatable bonds is 4. The van der Waals surface area contributed by atoms with E-state index >= 15 is 0 Å². The molecule has 2 N–H and O–H groups in total. The number of hydrogen-bond donors (Lipinski definition) is 2. The van der Waals surface area contributed by atoms with Crippen LogP contribution in [0.2, 0.25) is 0 Å². The van der Waals surface area contributed by atoms with E-state index in [0.29, 0.717) is 5.92 Å². The summed E-state index contributed by atoms with van der Waals surface area (Å²) in [6.45, 7) is 1.73. The molecule has 82 valence electrons. The van der Waals surface area contributed by atoms with Gasteiger partial charge in [-0.25, -0.2) is 0 Å². The summed E-state index contributed by atoms with van der Waals surface area (Å²) in [5, 5.41) is 12.7. The number of nitrogens with zero attached hydrogens (tertiary/aromatic N) is 2. The molecule has 0 bridgehead atoms. The Balaban J connectivity index is 1.67. The average molecular weight is 207 g/mol. The highest BCUT2D eigenvalue weighted by Crippen LogP contribution is 2.24. The van der Waals surface area contributed by atoms with Gasteiger partial charge >= 0.3 is 0 Å². The number of hydrogen-bond acceptors (Lipinski definition) is 4. The van der Waals surface area contributed by atoms with Crippen LogP contribution in [0.5, 0.6) is 0 Å². The molecule has 2 unspecified atom stereocenters. The van der Waals surface area contributed by atoms with E-state index in [4.69, 9.17) is 0 Å². The van der Waals surface area contributed by atoms with E-state index in [1.165, 1.54) is 0 Å². The molecule has 0 radical (unpaired) electrons. The molecule has 1 aliphatic rings. The fraction of sp³-hybridized carbons (Fsp3) is 0.636. The molecule has 1 aromatic heterocycles. The molecule has 15 heavy (non-hydrogen) atoms. The van der Waals surface area contributed by atoms with Crippen molar-refractivity contribution in [2.24, 2.45) is 5.92 Å². The van der Waals surface area contributed by atoms with Crippen molar-refractivity contribution in [2.45, 2.75) is 31.9 Å². The second-order valence-corrected chi connectivity index (χ2v) is 4.16. The molecule has 0 spiro atoms. The van der Waals surface area contributed by atoms with Crippen LogP contribution >= 0.6 is 0 Å². The molecule has 1 aromatic rings. The van der Waals surface area contributed by atoms with Crippen molar-refractivity contribution in [2.75, 3.05) is 6.54 Å². The zero-order valence-electron chi connectivity index (χ0n) is 8.76. The lowest BCUT2D eigenvalue weighted by Gasteiger charge is -2.09. The standard InChI is InChI=1S/C11H17N3O/c15-11-2-1-9(5-11)6-13-8-10-7-12-3-4-14-10/h3-4,7,9,11,13,15H,1-2,5-6,8H2. The van der Waals surface area contributed by atoms with E-state index in [2.05, 4.69) is 15.3 Å². The summed E-state index contributed by atoms with van der Waals surface area (Å²) in [6.07, 6.45) is 8.11. The molecule has 1 aliphatic carbocycles. The summed E-state index contributed by atoms with van der Waals surface area (Å²) < 4.78 is 0. The molecule has 4 heteroatoms. The normalized spacial score (nSPS) is 25.7. The Morgan fingerprint density at radius 1 is 1.40 bits per heavy atom. The minimum atomic E-state index is -0.0756. The van der Waals surface area contributed by atoms with Crippen LogP contribution in [-0.4, -0.2) is 27.7 Å². The molecule has 0 aliphatic heterocycles. The van der Waals surface area contributed by atoms with Gasteiger partial charge in [0.2, 0.25) is 0 Å². The molecule has 1 saturated carbocycles. The zero-order valence-corrected chi connectivity index (χ0v) is 8.76. The van der Waals surface area contributed by atoms with Gasteiger partial charge in [-0.05, 0) is 31.7 Å². The van der Waals surface area contributed by atoms with Crippen molar-refractivity contribution in [3.63, 3.8) is 0 Å². The van der Waals surface area contributed by atoms with Crippen molar-refractivity contribution in [3.05, 3.63) is 24.3 Å². The first-order valence-corrected chi connectivity index (χ1v) is 5.48. The summed E-state index contributed by atoms with van der Waals surface area (Å²) in [5.74, 6) is 0.622. The van der Waals surface area contributed by atoms with Crippen LogP contribution in [0.1, 0.15) is 25.0 Å². The number of aliphatic hydroxyl groups is 1. The highest BCUT2D eigenvalue weighted by molar-refractivity contribution is 4.93. The van der Waals surface area contributed by atoms with Crippen molar-refractivity contribution in [1.82, 2.24) is 15.3 Å². The first-order valence-electron chi connectivity index (χ1n) is 5.48. The van der Waals surface area contributed by atoms with Gasteiger partial charge in [-0.15, -0.1) is 0 Å². The summed E-state index contributed by atoms with van der Waals surface area (Å²) in [6, 6.07) is 0. The fourth-order valence-corrected chi connectivity index (χ4v) is 2.06. The maximum atomic E-state index is 9.37. The molecule has 0 aromatic carbocycles. The first-order chi connectivity index (χ1) is 7.34. The molecular formula is C11H17N3O. The minimum Gasteiger partial charge on any atom is -0.393 e. The predicted octanol–water partition coefficient (Wildman–Crippen LogP) is 0.727. The van der Waals surface area contributed by atoms with Crippen LogP contribution in [0.15, 0.2) is 18.6 Å². The quantitative estimate of drug-likeness (QED) is 0.764. The third-order valence-corrected chi connectivity index (χ3v) is 2.87. The van der Waals surface area contributed by atoms with E-state index in [9.17, 15) is 5.11 Å². The molecule has 2 atom stereocenters. The molecule has 1 heterocycles. The van der Waals surface area contributed by atoms with E-state index in [1.54, 1.807) is 18.6 Å². The van der Waals surface area contributed by atoms with Gasteiger partial charge in [0.1, 0.15) is 0 Å². The van der Waals surface area contributed by atoms with Gasteiger partial charge in [0.25, 0.3) is 0 Å². The molecule has 0 amide bonds. The fourth-order valence-electron chi connectivity index (χ4n) is 2.06. The van der Waals surface area contributed by atoms with Gasteiger partial charge in [0, 0.05) is 25.1 Å². The lowest BCUT2D eigenvalue weighted by molar-refractivity contribution is 0.177. The maximum Gasteiger partial charge on any atom is 0.0724 e. The summed E-state index contributed by atoms with van der Waals surface area (Å²) in [4.78, 5) is 8.19. The van der Waals surface area contributed by atoms with Crippen LogP contribution in [0, 0.1) is 5.92 Å². The number of aliphatic hydroxyl groups excluding tert-OH is 1. The third kappa shape index (κ3) is 3.25. The van der Waals surface area contributed by atoms with Crippen LogP contribution < -0.4 is 5.32 Å². The highest BCUT2D eigenvalue weighted by Gasteiger charge is 2.21. The van der Waals surface area contributed by atoms with Gasteiger partial charge in [-0.1, -0.05) is 0 Å². The topological polar surface area (TPSA) is 58.0 Å². The van der Waals surface area contributed by atoms with Crippen molar-refractivity contribution < 1.29 is 5.11 Å². The minimum absolute atomic E-state index is 0.0756. The third-order valence-electron chi connectivity index (χ3n) is 2.87. The Morgan fingerprint density at radius 3 is 3.00 bits per heavy atom. The Labute approximate surface area is 89.8 Å². The van der Waals surface area contributed by atoms with E-state index in [1.807, 2.05) is 0 Å². The Hall–Kier alpha value is -1.00. The van der Waals surface area contributed by atoms with Crippen molar-refractivity contribution in [3.8, 4) is 0 Å². The van der Waals surface area contributed by atoms with E-state index in [-0.39, 0.29) is 6.10 Å². The summed E-state index contributed by atoms with van der Waals surface area (Å²) in [7, 11) is 0. The van der Waals surface area contributed by atoms with Crippen LogP contribution in [0.4, 0.5) is 0 Å². The molecular weight excluding hydrogens is 190 g/mol. The maximum absolute atomic E-state index is 9.37. The highest BCUT2D eigenvalue weighted by atomic mass is 16.3. The first kappa shape index (κ1) is 10.5. The predicted molar refractivity (Wildman–Crippen MR) is 57.1 cm³/mol. The second-order valence-electron chi connectivity index (χ2n) is 4.16. The second kappa shape index (κ2) is 5.19.